The van der Waals surface area contributed by atoms with Crippen LogP contribution in [0.1, 0.15) is 20.8 Å². The Labute approximate surface area is 149 Å². The van der Waals surface area contributed by atoms with Gasteiger partial charge >= 0.3 is 6.09 Å². The fourth-order valence-electron chi connectivity index (χ4n) is 2.36. The number of aromatic nitrogens is 3. The summed E-state index contributed by atoms with van der Waals surface area (Å²) in [6, 6.07) is 7.45. The smallest absolute Gasteiger partial charge is 0.419 e. The van der Waals surface area contributed by atoms with Crippen LogP contribution in [0.2, 0.25) is 10.3 Å². The molecule has 0 saturated carbocycles. The third kappa shape index (κ3) is 3.23. The van der Waals surface area contributed by atoms with E-state index in [1.165, 1.54) is 10.8 Å². The Balaban J connectivity index is 2.21. The molecule has 0 aliphatic carbocycles. The Morgan fingerprint density at radius 1 is 1.21 bits per heavy atom. The lowest BCUT2D eigenvalue weighted by Gasteiger charge is -2.19. The van der Waals surface area contributed by atoms with Crippen molar-refractivity contribution in [3.8, 4) is 11.3 Å². The Morgan fingerprint density at radius 3 is 2.62 bits per heavy atom. The predicted molar refractivity (Wildman–Crippen MR) is 94.6 cm³/mol. The van der Waals surface area contributed by atoms with Crippen LogP contribution in [0.25, 0.3) is 22.2 Å². The lowest BCUT2D eigenvalue weighted by molar-refractivity contribution is 0.0544. The molecule has 0 bridgehead atoms. The molecule has 5 nitrogen and oxygen atoms in total. The van der Waals surface area contributed by atoms with Crippen LogP contribution >= 0.6 is 23.2 Å². The minimum atomic E-state index is -0.599. The van der Waals surface area contributed by atoms with Gasteiger partial charge in [-0.3, -0.25) is 4.57 Å². The number of carbonyl (C=O) groups is 1. The van der Waals surface area contributed by atoms with E-state index in [4.69, 9.17) is 27.9 Å². The number of rotatable bonds is 1. The van der Waals surface area contributed by atoms with Crippen molar-refractivity contribution in [1.82, 2.24) is 14.5 Å². The molecule has 24 heavy (non-hydrogen) atoms. The second-order valence-electron chi connectivity index (χ2n) is 6.25. The van der Waals surface area contributed by atoms with E-state index < -0.39 is 11.7 Å². The monoisotopic (exact) mass is 363 g/mol. The standard InChI is InChI=1S/C17H15Cl2N3O2/c1-17(2,3)24-16(23)22-9-11(10-6-4-5-7-13(10)22)14-12(18)8-20-15(19)21-14/h4-9H,1-3H3. The van der Waals surface area contributed by atoms with Gasteiger partial charge in [0.15, 0.2) is 0 Å². The second kappa shape index (κ2) is 6.07. The van der Waals surface area contributed by atoms with E-state index in [1.807, 2.05) is 45.0 Å². The molecule has 124 valence electrons. The fourth-order valence-corrected chi connectivity index (χ4v) is 2.69. The Kier molecular flexibility index (Phi) is 4.24. The topological polar surface area (TPSA) is 57.0 Å². The SMILES string of the molecule is CC(C)(C)OC(=O)n1cc(-c2nc(Cl)ncc2Cl)c2ccccc21. The molecule has 2 heterocycles. The summed E-state index contributed by atoms with van der Waals surface area (Å²) in [4.78, 5) is 20.6. The Morgan fingerprint density at radius 2 is 1.92 bits per heavy atom. The van der Waals surface area contributed by atoms with Crippen LogP contribution in [0.3, 0.4) is 0 Å². The van der Waals surface area contributed by atoms with Gasteiger partial charge in [0.1, 0.15) is 5.60 Å². The zero-order chi connectivity index (χ0) is 17.5. The number of hydrogen-bond acceptors (Lipinski definition) is 4. The van der Waals surface area contributed by atoms with Gasteiger partial charge in [0.05, 0.1) is 22.4 Å². The van der Waals surface area contributed by atoms with Crippen LogP contribution in [0.4, 0.5) is 4.79 Å². The highest BCUT2D eigenvalue weighted by Crippen LogP contribution is 2.34. The highest BCUT2D eigenvalue weighted by atomic mass is 35.5. The van der Waals surface area contributed by atoms with Crippen molar-refractivity contribution in [1.29, 1.82) is 0 Å². The van der Waals surface area contributed by atoms with Gasteiger partial charge in [-0.15, -0.1) is 0 Å². The average Bonchev–Trinajstić information content (AvgIpc) is 2.88. The third-order valence-corrected chi connectivity index (χ3v) is 3.73. The first-order chi connectivity index (χ1) is 11.3. The molecule has 0 fully saturated rings. The highest BCUT2D eigenvalue weighted by molar-refractivity contribution is 6.34. The van der Waals surface area contributed by atoms with E-state index in [0.717, 1.165) is 5.39 Å². The van der Waals surface area contributed by atoms with Gasteiger partial charge in [-0.25, -0.2) is 14.8 Å². The second-order valence-corrected chi connectivity index (χ2v) is 6.99. The molecule has 0 amide bonds. The molecular formula is C17H15Cl2N3O2. The molecule has 0 aliphatic heterocycles. The van der Waals surface area contributed by atoms with Crippen LogP contribution in [-0.4, -0.2) is 26.2 Å². The highest BCUT2D eigenvalue weighted by Gasteiger charge is 2.22. The maximum Gasteiger partial charge on any atom is 0.419 e. The van der Waals surface area contributed by atoms with Crippen LogP contribution in [0.5, 0.6) is 0 Å². The Hall–Kier alpha value is -2.11. The fraction of sp³-hybridized carbons (Fsp3) is 0.235. The first-order valence-corrected chi connectivity index (χ1v) is 8.04. The third-order valence-electron chi connectivity index (χ3n) is 3.27. The Bertz CT molecular complexity index is 929. The van der Waals surface area contributed by atoms with E-state index in [2.05, 4.69) is 9.97 Å². The van der Waals surface area contributed by atoms with Gasteiger partial charge in [0.2, 0.25) is 5.28 Å². The van der Waals surface area contributed by atoms with Gasteiger partial charge in [-0.05, 0) is 38.4 Å². The van der Waals surface area contributed by atoms with Crippen LogP contribution in [0, 0.1) is 0 Å². The molecule has 0 saturated heterocycles. The molecule has 0 N–H and O–H groups in total. The van der Waals surface area contributed by atoms with Crippen molar-refractivity contribution < 1.29 is 9.53 Å². The summed E-state index contributed by atoms with van der Waals surface area (Å²) in [7, 11) is 0. The molecular weight excluding hydrogens is 349 g/mol. The molecule has 2 aromatic heterocycles. The normalized spacial score (nSPS) is 11.7. The molecule has 3 aromatic rings. The quantitative estimate of drug-likeness (QED) is 0.558. The molecule has 0 unspecified atom stereocenters. The predicted octanol–water partition coefficient (Wildman–Crippen LogP) is 5.19. The molecule has 0 radical (unpaired) electrons. The van der Waals surface area contributed by atoms with Crippen LogP contribution in [0.15, 0.2) is 36.7 Å². The van der Waals surface area contributed by atoms with E-state index in [9.17, 15) is 4.79 Å². The summed E-state index contributed by atoms with van der Waals surface area (Å²) in [6.07, 6.45) is 2.62. The van der Waals surface area contributed by atoms with Gasteiger partial charge in [-0.2, -0.15) is 0 Å². The van der Waals surface area contributed by atoms with Crippen molar-refractivity contribution in [3.05, 3.63) is 47.0 Å². The van der Waals surface area contributed by atoms with Crippen LogP contribution < -0.4 is 0 Å². The summed E-state index contributed by atoms with van der Waals surface area (Å²) >= 11 is 12.1. The first kappa shape index (κ1) is 16.7. The largest absolute Gasteiger partial charge is 0.443 e. The number of para-hydroxylation sites is 1. The number of fused-ring (bicyclic) bond motifs is 1. The minimum Gasteiger partial charge on any atom is -0.443 e. The van der Waals surface area contributed by atoms with E-state index in [1.54, 1.807) is 6.20 Å². The van der Waals surface area contributed by atoms with Crippen molar-refractivity contribution in [2.24, 2.45) is 0 Å². The zero-order valence-corrected chi connectivity index (χ0v) is 14.9. The first-order valence-electron chi connectivity index (χ1n) is 7.28. The van der Waals surface area contributed by atoms with Gasteiger partial charge < -0.3 is 4.74 Å². The average molecular weight is 364 g/mol. The van der Waals surface area contributed by atoms with Gasteiger partial charge in [0.25, 0.3) is 0 Å². The van der Waals surface area contributed by atoms with Gasteiger partial charge in [-0.1, -0.05) is 29.8 Å². The molecule has 0 spiro atoms. The zero-order valence-electron chi connectivity index (χ0n) is 13.4. The number of ether oxygens (including phenoxy) is 1. The van der Waals surface area contributed by atoms with E-state index >= 15 is 0 Å². The minimum absolute atomic E-state index is 0.0866. The maximum atomic E-state index is 12.5. The number of hydrogen-bond donors (Lipinski definition) is 0. The number of halogens is 2. The van der Waals surface area contributed by atoms with Gasteiger partial charge in [0, 0.05) is 17.1 Å². The maximum absolute atomic E-state index is 12.5. The van der Waals surface area contributed by atoms with Crippen molar-refractivity contribution >= 4 is 40.2 Å². The summed E-state index contributed by atoms with van der Waals surface area (Å²) in [6.45, 7) is 5.45. The summed E-state index contributed by atoms with van der Waals surface area (Å²) in [5.74, 6) is 0. The number of carbonyl (C=O) groups excluding carboxylic acids is 1. The van der Waals surface area contributed by atoms with E-state index in [0.29, 0.717) is 21.8 Å². The number of benzene rings is 1. The summed E-state index contributed by atoms with van der Waals surface area (Å²) in [5, 5.41) is 1.26. The molecule has 1 aromatic carbocycles. The van der Waals surface area contributed by atoms with Crippen molar-refractivity contribution in [2.45, 2.75) is 26.4 Å². The lowest BCUT2D eigenvalue weighted by Crippen LogP contribution is -2.26. The number of nitrogens with zero attached hydrogens (tertiary/aromatic N) is 3. The van der Waals surface area contributed by atoms with Crippen LogP contribution in [-0.2, 0) is 4.74 Å². The van der Waals surface area contributed by atoms with E-state index in [-0.39, 0.29) is 5.28 Å². The summed E-state index contributed by atoms with van der Waals surface area (Å²) in [5.41, 5.74) is 1.26. The lowest BCUT2D eigenvalue weighted by atomic mass is 10.1. The molecule has 0 aliphatic rings. The molecule has 7 heteroatoms. The molecule has 3 rings (SSSR count). The van der Waals surface area contributed by atoms with Crippen molar-refractivity contribution in [3.63, 3.8) is 0 Å². The molecule has 0 atom stereocenters. The van der Waals surface area contributed by atoms with Crippen molar-refractivity contribution in [2.75, 3.05) is 0 Å². The summed E-state index contributed by atoms with van der Waals surface area (Å²) < 4.78 is 6.91.